The van der Waals surface area contributed by atoms with Crippen molar-refractivity contribution in [3.63, 3.8) is 0 Å². The Labute approximate surface area is 142 Å². The van der Waals surface area contributed by atoms with Crippen molar-refractivity contribution in [3.05, 3.63) is 35.8 Å². The minimum Gasteiger partial charge on any atom is -0.472 e. The Morgan fingerprint density at radius 2 is 2.08 bits per heavy atom. The molecule has 1 unspecified atom stereocenters. The summed E-state index contributed by atoms with van der Waals surface area (Å²) in [4.78, 5) is 13.1. The van der Waals surface area contributed by atoms with Gasteiger partial charge in [0.1, 0.15) is 6.10 Å². The van der Waals surface area contributed by atoms with Gasteiger partial charge in [0, 0.05) is 17.4 Å². The molecule has 0 bridgehead atoms. The largest absolute Gasteiger partial charge is 0.472 e. The summed E-state index contributed by atoms with van der Waals surface area (Å²) in [6.07, 6.45) is 8.21. The molecule has 1 aromatic rings. The summed E-state index contributed by atoms with van der Waals surface area (Å²) in [6, 6.07) is 1.88. The van der Waals surface area contributed by atoms with Crippen molar-refractivity contribution in [2.75, 3.05) is 0 Å². The van der Waals surface area contributed by atoms with Gasteiger partial charge in [-0.15, -0.1) is 0 Å². The quantitative estimate of drug-likeness (QED) is 0.624. The third-order valence-electron chi connectivity index (χ3n) is 6.94. The summed E-state index contributed by atoms with van der Waals surface area (Å²) >= 11 is 0. The van der Waals surface area contributed by atoms with Gasteiger partial charge in [-0.05, 0) is 37.2 Å². The number of allylic oxidation sites excluding steroid dienone is 1. The minimum atomic E-state index is -0.469. The smallest absolute Gasteiger partial charge is 0.313 e. The molecule has 4 rings (SSSR count). The molecule has 1 saturated carbocycles. The molecule has 1 saturated heterocycles. The Kier molecular flexibility index (Phi) is 3.47. The highest BCUT2D eigenvalue weighted by Gasteiger charge is 2.62. The fraction of sp³-hybridized carbons (Fsp3) is 0.650. The zero-order valence-corrected chi connectivity index (χ0v) is 14.6. The molecule has 3 aliphatic rings. The number of hydrogen-bond donors (Lipinski definition) is 1. The molecule has 1 aromatic heterocycles. The lowest BCUT2D eigenvalue weighted by Gasteiger charge is -2.52. The fourth-order valence-electron chi connectivity index (χ4n) is 5.28. The maximum atomic E-state index is 13.1. The Balaban J connectivity index is 1.74. The number of furan rings is 1. The minimum absolute atomic E-state index is 0.0658. The van der Waals surface area contributed by atoms with Crippen molar-refractivity contribution in [1.82, 2.24) is 0 Å². The summed E-state index contributed by atoms with van der Waals surface area (Å²) in [5, 5.41) is 10.5. The predicted octanol–water partition coefficient (Wildman–Crippen LogP) is 4.02. The maximum absolute atomic E-state index is 13.1. The molecule has 0 amide bonds. The average Bonchev–Trinajstić information content (AvgIpc) is 3.16. The van der Waals surface area contributed by atoms with Crippen LogP contribution in [0.1, 0.15) is 58.1 Å². The SMILES string of the molecule is C[C@@H]1CC=C2C(CC[C@@H](O)C2(C)C)[C@@]12C[C@@H](c1ccoc1)OC2=O. The molecule has 5 atom stereocenters. The normalized spacial score (nSPS) is 41.0. The van der Waals surface area contributed by atoms with Gasteiger partial charge in [-0.2, -0.15) is 0 Å². The summed E-state index contributed by atoms with van der Waals surface area (Å²) in [5.74, 6) is 0.356. The Bertz CT molecular complexity index is 672. The first-order valence-corrected chi connectivity index (χ1v) is 8.99. The van der Waals surface area contributed by atoms with Crippen molar-refractivity contribution in [1.29, 1.82) is 0 Å². The van der Waals surface area contributed by atoms with E-state index in [1.54, 1.807) is 12.5 Å². The predicted molar refractivity (Wildman–Crippen MR) is 89.0 cm³/mol. The van der Waals surface area contributed by atoms with Crippen LogP contribution in [0.15, 0.2) is 34.7 Å². The van der Waals surface area contributed by atoms with E-state index in [1.807, 2.05) is 6.07 Å². The lowest BCUT2D eigenvalue weighted by Crippen LogP contribution is -2.51. The van der Waals surface area contributed by atoms with E-state index in [-0.39, 0.29) is 35.4 Å². The van der Waals surface area contributed by atoms with Gasteiger partial charge < -0.3 is 14.3 Å². The lowest BCUT2D eigenvalue weighted by atomic mass is 9.51. The van der Waals surface area contributed by atoms with Crippen molar-refractivity contribution in [2.24, 2.45) is 22.7 Å². The molecule has 130 valence electrons. The number of rotatable bonds is 1. The molecule has 24 heavy (non-hydrogen) atoms. The molecule has 1 N–H and O–H groups in total. The van der Waals surface area contributed by atoms with Crippen LogP contribution in [0.25, 0.3) is 0 Å². The van der Waals surface area contributed by atoms with Crippen molar-refractivity contribution in [2.45, 2.75) is 58.7 Å². The van der Waals surface area contributed by atoms with Crippen molar-refractivity contribution in [3.8, 4) is 0 Å². The van der Waals surface area contributed by atoms with E-state index in [4.69, 9.17) is 9.15 Å². The molecule has 2 aliphatic carbocycles. The molecule has 1 aliphatic heterocycles. The summed E-state index contributed by atoms with van der Waals surface area (Å²) in [6.45, 7) is 6.38. The van der Waals surface area contributed by atoms with Gasteiger partial charge in [0.25, 0.3) is 0 Å². The first-order valence-electron chi connectivity index (χ1n) is 8.99. The highest BCUT2D eigenvalue weighted by atomic mass is 16.6. The summed E-state index contributed by atoms with van der Waals surface area (Å²) in [7, 11) is 0. The van der Waals surface area contributed by atoms with Crippen molar-refractivity contribution < 1.29 is 19.1 Å². The number of fused-ring (bicyclic) bond motifs is 2. The monoisotopic (exact) mass is 330 g/mol. The summed E-state index contributed by atoms with van der Waals surface area (Å²) in [5.41, 5.74) is 1.45. The molecular weight excluding hydrogens is 304 g/mol. The zero-order chi connectivity index (χ0) is 17.1. The molecule has 0 radical (unpaired) electrons. The third-order valence-corrected chi connectivity index (χ3v) is 6.94. The van der Waals surface area contributed by atoms with Gasteiger partial charge in [-0.3, -0.25) is 4.79 Å². The Hall–Kier alpha value is -1.55. The number of carbonyl (C=O) groups is 1. The number of cyclic esters (lactones) is 1. The lowest BCUT2D eigenvalue weighted by molar-refractivity contribution is -0.155. The van der Waals surface area contributed by atoms with Crippen LogP contribution < -0.4 is 0 Å². The van der Waals surface area contributed by atoms with Gasteiger partial charge in [0.15, 0.2) is 0 Å². The van der Waals surface area contributed by atoms with Gasteiger partial charge in [-0.1, -0.05) is 32.4 Å². The van der Waals surface area contributed by atoms with Crippen LogP contribution in [0.2, 0.25) is 0 Å². The second-order valence-corrected chi connectivity index (χ2v) is 8.36. The van der Waals surface area contributed by atoms with Gasteiger partial charge in [0.2, 0.25) is 0 Å². The first kappa shape index (κ1) is 15.9. The van der Waals surface area contributed by atoms with Gasteiger partial charge in [0.05, 0.1) is 24.0 Å². The number of aliphatic hydroxyl groups is 1. The summed E-state index contributed by atoms with van der Waals surface area (Å²) < 4.78 is 11.0. The molecule has 1 spiro atoms. The maximum Gasteiger partial charge on any atom is 0.313 e. The van der Waals surface area contributed by atoms with Gasteiger partial charge in [-0.25, -0.2) is 0 Å². The fourth-order valence-corrected chi connectivity index (χ4v) is 5.28. The van der Waals surface area contributed by atoms with Crippen LogP contribution in [0.4, 0.5) is 0 Å². The number of carbonyl (C=O) groups excluding carboxylic acids is 1. The van der Waals surface area contributed by atoms with Gasteiger partial charge >= 0.3 is 5.97 Å². The molecule has 4 nitrogen and oxygen atoms in total. The van der Waals surface area contributed by atoms with E-state index in [1.165, 1.54) is 5.57 Å². The standard InChI is InChI=1S/C20H26O4/c1-12-4-5-14-15(6-7-17(21)19(14,2)3)20(12)10-16(24-18(20)22)13-8-9-23-11-13/h5,8-9,11-12,15-17,21H,4,6-7,10H2,1-3H3/t12-,15?,16+,17-,20-/m1/s1. The second-order valence-electron chi connectivity index (χ2n) is 8.36. The topological polar surface area (TPSA) is 59.7 Å². The van der Waals surface area contributed by atoms with E-state index >= 15 is 0 Å². The van der Waals surface area contributed by atoms with Crippen molar-refractivity contribution >= 4 is 5.97 Å². The molecule has 2 fully saturated rings. The molecule has 4 heteroatoms. The molecule has 2 heterocycles. The second kappa shape index (κ2) is 5.22. The van der Waals surface area contributed by atoms with Crippen LogP contribution >= 0.6 is 0 Å². The third kappa shape index (κ3) is 1.98. The molecular formula is C20H26O4. The van der Waals surface area contributed by atoms with Crippen LogP contribution in [-0.4, -0.2) is 17.2 Å². The van der Waals surface area contributed by atoms with Crippen LogP contribution in [-0.2, 0) is 9.53 Å². The number of ether oxygens (including phenoxy) is 1. The Morgan fingerprint density at radius 1 is 1.29 bits per heavy atom. The zero-order valence-electron chi connectivity index (χ0n) is 14.6. The van der Waals surface area contributed by atoms with Crippen LogP contribution in [0, 0.1) is 22.7 Å². The van der Waals surface area contributed by atoms with Crippen LogP contribution in [0.3, 0.4) is 0 Å². The van der Waals surface area contributed by atoms with E-state index in [9.17, 15) is 9.90 Å². The highest BCUT2D eigenvalue weighted by molar-refractivity contribution is 5.81. The number of hydrogen-bond acceptors (Lipinski definition) is 4. The van der Waals surface area contributed by atoms with Crippen LogP contribution in [0.5, 0.6) is 0 Å². The first-order chi connectivity index (χ1) is 11.4. The molecule has 0 aromatic carbocycles. The highest BCUT2D eigenvalue weighted by Crippen LogP contribution is 2.62. The number of esters is 1. The number of aliphatic hydroxyl groups excluding tert-OH is 1. The van der Waals surface area contributed by atoms with E-state index in [0.717, 1.165) is 24.8 Å². The van der Waals surface area contributed by atoms with E-state index < -0.39 is 5.41 Å². The van der Waals surface area contributed by atoms with E-state index in [2.05, 4.69) is 26.8 Å². The Morgan fingerprint density at radius 3 is 2.79 bits per heavy atom. The average molecular weight is 330 g/mol. The van der Waals surface area contributed by atoms with E-state index in [0.29, 0.717) is 6.42 Å².